The molecular weight excluding hydrogens is 1330 g/mol. The van der Waals surface area contributed by atoms with Gasteiger partial charge in [-0.1, -0.05) is 288 Å². The first kappa shape index (κ1) is 75.3. The fraction of sp³-hybridized carbons (Fsp3) is 0.250. The number of anilines is 6. The Morgan fingerprint density at radius 3 is 0.705 bits per heavy atom. The highest BCUT2D eigenvalue weighted by molar-refractivity contribution is 7.86. The van der Waals surface area contributed by atoms with Crippen molar-refractivity contribution in [2.45, 2.75) is 161 Å². The molecule has 9 heteroatoms. The Bertz CT molecular complexity index is 4540. The number of halogens is 1. The smallest absolute Gasteiger partial charge is 0.198 e. The highest BCUT2D eigenvalue weighted by Gasteiger charge is 2.51. The van der Waals surface area contributed by atoms with Crippen LogP contribution in [0.4, 0.5) is 34.1 Å². The van der Waals surface area contributed by atoms with Gasteiger partial charge in [0.15, 0.2) is 7.58 Å². The molecule has 105 heavy (non-hydrogen) atoms. The van der Waals surface area contributed by atoms with Gasteiger partial charge in [0.05, 0.1) is 45.1 Å². The number of nitrogens with zero attached hydrogens (tertiary/aromatic N) is 4. The Morgan fingerprint density at radius 2 is 0.467 bits per heavy atom. The van der Waals surface area contributed by atoms with Crippen LogP contribution in [0.15, 0.2) is 255 Å². The van der Waals surface area contributed by atoms with Gasteiger partial charge in [0.25, 0.3) is 0 Å². The molecule has 12 aromatic carbocycles. The molecule has 0 unspecified atom stereocenters. The highest BCUT2D eigenvalue weighted by atomic mass is 35.7. The lowest BCUT2D eigenvalue weighted by atomic mass is 9.91. The van der Waals surface area contributed by atoms with Gasteiger partial charge in [-0.2, -0.15) is 0 Å². The summed E-state index contributed by atoms with van der Waals surface area (Å²) in [5, 5.41) is 7.93. The predicted octanol–water partition coefficient (Wildman–Crippen LogP) is 27.2. The number of benzene rings is 12. The molecule has 2 aliphatic rings. The molecule has 6 nitrogen and oxygen atoms in total. The maximum absolute atomic E-state index is 7.69. The lowest BCUT2D eigenvalue weighted by Gasteiger charge is -2.33. The van der Waals surface area contributed by atoms with Crippen molar-refractivity contribution >= 4 is 61.8 Å². The van der Waals surface area contributed by atoms with E-state index in [1.165, 1.54) is 168 Å². The first-order valence-corrected chi connectivity index (χ1v) is 40.2. The molecule has 0 amide bonds. The van der Waals surface area contributed by atoms with Crippen LogP contribution in [0.2, 0.25) is 0 Å². The molecule has 0 aromatic heterocycles. The van der Waals surface area contributed by atoms with Gasteiger partial charge in [0.1, 0.15) is 0 Å². The van der Waals surface area contributed by atoms with Gasteiger partial charge in [0.2, 0.25) is 0 Å². The summed E-state index contributed by atoms with van der Waals surface area (Å²) in [7, 11) is -0.712. The van der Waals surface area contributed by atoms with Gasteiger partial charge in [-0.3, -0.25) is 0 Å². The molecular formula is C96H105ClN6P2. The van der Waals surface area contributed by atoms with E-state index in [9.17, 15) is 0 Å². The van der Waals surface area contributed by atoms with Crippen molar-refractivity contribution in [2.24, 2.45) is 0 Å². The molecule has 0 radical (unpaired) electrons. The van der Waals surface area contributed by atoms with Crippen molar-refractivity contribution < 1.29 is 0 Å². The molecule has 12 aromatic rings. The summed E-state index contributed by atoms with van der Waals surface area (Å²) < 4.78 is 10.4. The van der Waals surface area contributed by atoms with Crippen molar-refractivity contribution in [3.63, 3.8) is 0 Å². The quantitative estimate of drug-likeness (QED) is 0.0997. The van der Waals surface area contributed by atoms with Gasteiger partial charge >= 0.3 is 0 Å². The van der Waals surface area contributed by atoms with Gasteiger partial charge in [-0.15, -0.1) is 0 Å². The lowest BCUT2D eigenvalue weighted by Crippen LogP contribution is -2.27. The van der Waals surface area contributed by atoms with Crippen LogP contribution in [0, 0.1) is 125 Å². The molecule has 14 rings (SSSR count). The van der Waals surface area contributed by atoms with Gasteiger partial charge in [-0.25, -0.2) is 0 Å². The Hall–Kier alpha value is -9.41. The second-order valence-corrected chi connectivity index (χ2v) is 33.2. The highest BCUT2D eigenvalue weighted by Crippen LogP contribution is 2.71. The van der Waals surface area contributed by atoms with E-state index in [4.69, 9.17) is 11.2 Å². The third-order valence-corrected chi connectivity index (χ3v) is 24.9. The Kier molecular flexibility index (Phi) is 23.6. The van der Waals surface area contributed by atoms with E-state index in [1.54, 1.807) is 0 Å². The van der Waals surface area contributed by atoms with Crippen LogP contribution in [-0.4, -0.2) is 0 Å². The zero-order valence-electron chi connectivity index (χ0n) is 64.8. The number of nitrogens with one attached hydrogen (secondary N) is 2. The maximum Gasteiger partial charge on any atom is 0.198 e. The second kappa shape index (κ2) is 32.9. The van der Waals surface area contributed by atoms with E-state index >= 15 is 0 Å². The van der Waals surface area contributed by atoms with E-state index < -0.39 is 7.58 Å². The molecule has 0 spiro atoms. The van der Waals surface area contributed by atoms with Crippen molar-refractivity contribution in [1.82, 2.24) is 0 Å². The van der Waals surface area contributed by atoms with Crippen molar-refractivity contribution in [2.75, 3.05) is 29.3 Å². The van der Waals surface area contributed by atoms with Crippen LogP contribution in [0.25, 0.3) is 0 Å². The molecule has 0 bridgehead atoms. The molecule has 0 aliphatic carbocycles. The summed E-state index contributed by atoms with van der Waals surface area (Å²) in [4.78, 5) is 0. The average molecular weight is 1440 g/mol. The normalized spacial score (nSPS) is 16.3. The molecule has 0 saturated carbocycles. The first-order valence-electron chi connectivity index (χ1n) is 37.1. The SMILES string of the molecule is Cc1cc(C)c(N2PN(c3c(C)cc(C)cc3C)[C@H](c3ccccc3)[C@H]2c2ccccc2)c(C)c1.Cc1cc(C)c(N2[C@H](c3ccccc3)[C@@H](c3ccccc3)N(c3c(C)cc(C)cc3C)P2Cl)c(C)c1.Cc1cc(C)c(N[C@H](c2ccccc2)[C@H](Nc2c(C)cc(C)cc2C)c2ccccc2)c(C)c1. The Morgan fingerprint density at radius 1 is 0.267 bits per heavy atom. The standard InChI is InChI=1S/C32H34ClN2P.C32H35N2P.C32H36N2/c1-21-17-23(3)29(24(4)18-21)34-31(27-13-9-7-10-14-27)32(28-15-11-8-12-16-28)35(36(34)33)30-25(5)19-22(2)20-26(30)6;1-21-17-23(3)29(24(4)18-21)33-31(27-13-9-7-10-14-27)32(28-15-11-8-12-16-28)34(35-33)30-25(5)19-22(2)20-26(30)6;1-21-17-23(3)29(24(4)18-21)33-31(27-13-9-7-10-14-27)32(28-15-11-8-12-16-28)34-30-25(5)19-22(2)20-26(30)6/h7-20,31-32H,1-6H3;7-20,31-32,35H,1-6H3;7-20,31-34H,1-6H3/t3*31-,32-/m111/s1. The minimum absolute atomic E-state index is 0.0313. The summed E-state index contributed by atoms with van der Waals surface area (Å²) in [5.74, 6) is 0. The average Bonchev–Trinajstić information content (AvgIpc) is 1.58. The van der Waals surface area contributed by atoms with Crippen LogP contribution in [0.1, 0.15) is 170 Å². The van der Waals surface area contributed by atoms with E-state index in [2.05, 4.69) is 409 Å². The van der Waals surface area contributed by atoms with Gasteiger partial charge in [0, 0.05) is 34.1 Å². The Labute approximate surface area is 636 Å². The minimum Gasteiger partial charge on any atom is -0.375 e. The van der Waals surface area contributed by atoms with Crippen LogP contribution in [0.5, 0.6) is 0 Å². The van der Waals surface area contributed by atoms with E-state index in [1.807, 2.05) is 0 Å². The number of hydrogen-bond donors (Lipinski definition) is 2. The van der Waals surface area contributed by atoms with Crippen LogP contribution < -0.4 is 29.3 Å². The minimum atomic E-state index is -1.22. The predicted molar refractivity (Wildman–Crippen MR) is 457 cm³/mol. The van der Waals surface area contributed by atoms with E-state index in [-0.39, 0.29) is 36.3 Å². The van der Waals surface area contributed by atoms with E-state index in [0.29, 0.717) is 8.88 Å². The lowest BCUT2D eigenvalue weighted by molar-refractivity contribution is 0.616. The van der Waals surface area contributed by atoms with E-state index in [0.717, 1.165) is 0 Å². The number of aryl methyl sites for hydroxylation is 18. The first-order chi connectivity index (χ1) is 50.4. The second-order valence-electron chi connectivity index (χ2n) is 29.8. The van der Waals surface area contributed by atoms with Crippen molar-refractivity contribution in [3.8, 4) is 0 Å². The summed E-state index contributed by atoms with van der Waals surface area (Å²) in [6, 6.07) is 93.7. The van der Waals surface area contributed by atoms with Crippen molar-refractivity contribution in [1.29, 1.82) is 0 Å². The third kappa shape index (κ3) is 16.4. The van der Waals surface area contributed by atoms with Gasteiger partial charge in [-0.05, 0) is 236 Å². The molecule has 2 aliphatic heterocycles. The number of hydrogen-bond acceptors (Lipinski definition) is 6. The zero-order chi connectivity index (χ0) is 74.5. The van der Waals surface area contributed by atoms with Crippen LogP contribution in [0.3, 0.4) is 0 Å². The topological polar surface area (TPSA) is 37.0 Å². The molecule has 536 valence electrons. The van der Waals surface area contributed by atoms with Gasteiger partial charge < -0.3 is 29.3 Å². The number of rotatable bonds is 15. The fourth-order valence-electron chi connectivity index (χ4n) is 17.2. The molecule has 6 atom stereocenters. The van der Waals surface area contributed by atoms with Crippen LogP contribution >= 0.6 is 27.7 Å². The maximum atomic E-state index is 7.69. The zero-order valence-corrected chi connectivity index (χ0v) is 67.5. The monoisotopic (exact) mass is 1440 g/mol. The molecule has 2 fully saturated rings. The largest absolute Gasteiger partial charge is 0.375 e. The molecule has 2 N–H and O–H groups in total. The molecule has 2 saturated heterocycles. The summed E-state index contributed by atoms with van der Waals surface area (Å²) >= 11 is 7.69. The summed E-state index contributed by atoms with van der Waals surface area (Å²) in [5.41, 5.74) is 38.8. The molecule has 2 heterocycles. The van der Waals surface area contributed by atoms with Crippen molar-refractivity contribution in [3.05, 3.63) is 388 Å². The summed E-state index contributed by atoms with van der Waals surface area (Å²) in [6.45, 7) is 39.8. The Balaban J connectivity index is 0.000000148. The third-order valence-electron chi connectivity index (χ3n) is 20.9. The fourth-order valence-corrected chi connectivity index (χ4v) is 22.3. The summed E-state index contributed by atoms with van der Waals surface area (Å²) in [6.07, 6.45) is 0. The van der Waals surface area contributed by atoms with Crippen LogP contribution in [-0.2, 0) is 0 Å².